The summed E-state index contributed by atoms with van der Waals surface area (Å²) in [6.45, 7) is 12.2. The molecule has 0 amide bonds. The molecule has 1 aromatic heterocycles. The average molecular weight is 398 g/mol. The van der Waals surface area contributed by atoms with Gasteiger partial charge in [-0.3, -0.25) is 4.79 Å². The van der Waals surface area contributed by atoms with Crippen molar-refractivity contribution in [2.75, 3.05) is 13.2 Å². The summed E-state index contributed by atoms with van der Waals surface area (Å²) in [6.07, 6.45) is 6.55. The lowest BCUT2D eigenvalue weighted by atomic mass is 10.1. The minimum absolute atomic E-state index is 0.0680. The van der Waals surface area contributed by atoms with E-state index < -0.39 is 5.63 Å². The van der Waals surface area contributed by atoms with E-state index in [0.717, 1.165) is 37.7 Å². The van der Waals surface area contributed by atoms with Crippen LogP contribution in [0.3, 0.4) is 0 Å². The summed E-state index contributed by atoms with van der Waals surface area (Å²) in [5, 5.41) is 0.706. The number of ether oxygens (including phenoxy) is 2. The molecule has 0 radical (unpaired) electrons. The van der Waals surface area contributed by atoms with Gasteiger partial charge in [0.1, 0.15) is 22.7 Å². The quantitative estimate of drug-likeness (QED) is 0.140. The number of Topliss-reactive ketones (excluding diaryl/α,β-unsaturated/α-hetero) is 1. The smallest absolute Gasteiger partial charge is 0.347 e. The first kappa shape index (κ1) is 22.5. The monoisotopic (exact) mass is 398 g/mol. The van der Waals surface area contributed by atoms with Crippen LogP contribution < -0.4 is 10.4 Å². The van der Waals surface area contributed by atoms with Gasteiger partial charge in [-0.15, -0.1) is 0 Å². The predicted octanol–water partition coefficient (Wildman–Crippen LogP) is 5.82. The van der Waals surface area contributed by atoms with Gasteiger partial charge in [0.15, 0.2) is 5.78 Å². The summed E-state index contributed by atoms with van der Waals surface area (Å²) in [6, 6.07) is 6.88. The fourth-order valence-corrected chi connectivity index (χ4v) is 2.85. The van der Waals surface area contributed by atoms with Gasteiger partial charge in [-0.2, -0.15) is 0 Å². The maximum absolute atomic E-state index is 11.8. The van der Waals surface area contributed by atoms with Crippen molar-refractivity contribution >= 4 is 16.8 Å². The summed E-state index contributed by atoms with van der Waals surface area (Å²) in [5.74, 6) is 1.03. The van der Waals surface area contributed by atoms with Crippen molar-refractivity contribution in [2.24, 2.45) is 0 Å². The van der Waals surface area contributed by atoms with E-state index >= 15 is 0 Å². The predicted molar refractivity (Wildman–Crippen MR) is 116 cm³/mol. The van der Waals surface area contributed by atoms with E-state index in [9.17, 15) is 9.59 Å². The molecule has 0 atom stereocenters. The maximum Gasteiger partial charge on any atom is 0.347 e. The fourth-order valence-electron chi connectivity index (χ4n) is 2.85. The van der Waals surface area contributed by atoms with E-state index in [4.69, 9.17) is 13.9 Å². The minimum atomic E-state index is -0.614. The molecule has 0 bridgehead atoms. The summed E-state index contributed by atoms with van der Waals surface area (Å²) in [4.78, 5) is 23.3. The Balaban J connectivity index is 1.64. The highest BCUT2D eigenvalue weighted by atomic mass is 16.5. The van der Waals surface area contributed by atoms with E-state index in [1.54, 1.807) is 18.2 Å². The number of allylic oxidation sites excluding steroid dienone is 1. The van der Waals surface area contributed by atoms with Crippen LogP contribution in [-0.4, -0.2) is 19.0 Å². The third kappa shape index (κ3) is 7.26. The number of fused-ring (bicyclic) bond motifs is 1. The molecule has 1 aromatic carbocycles. The zero-order valence-corrected chi connectivity index (χ0v) is 17.4. The van der Waals surface area contributed by atoms with E-state index in [2.05, 4.69) is 13.2 Å². The van der Waals surface area contributed by atoms with Crippen LogP contribution in [0, 0.1) is 0 Å². The lowest BCUT2D eigenvalue weighted by molar-refractivity contribution is 0.101. The Bertz CT molecular complexity index is 923. The number of rotatable bonds is 13. The molecule has 1 heterocycles. The Kier molecular flexibility index (Phi) is 8.71. The van der Waals surface area contributed by atoms with Gasteiger partial charge < -0.3 is 13.9 Å². The molecule has 2 rings (SSSR count). The molecule has 0 spiro atoms. The van der Waals surface area contributed by atoms with E-state index in [1.807, 2.05) is 13.0 Å². The highest BCUT2D eigenvalue weighted by Crippen LogP contribution is 2.21. The number of carbonyl (C=O) groups is 1. The van der Waals surface area contributed by atoms with Crippen molar-refractivity contribution in [3.8, 4) is 5.75 Å². The van der Waals surface area contributed by atoms with Crippen LogP contribution in [0.5, 0.6) is 5.75 Å². The van der Waals surface area contributed by atoms with Crippen LogP contribution in [0.1, 0.15) is 62.7 Å². The number of carbonyl (C=O) groups excluding carboxylic acids is 1. The number of ketones is 1. The van der Waals surface area contributed by atoms with Crippen LogP contribution in [0.2, 0.25) is 0 Å². The van der Waals surface area contributed by atoms with E-state index in [0.29, 0.717) is 35.7 Å². The lowest BCUT2D eigenvalue weighted by Gasteiger charge is -2.09. The maximum atomic E-state index is 11.8. The molecule has 2 aromatic rings. The Hall–Kier alpha value is -2.82. The van der Waals surface area contributed by atoms with Crippen LogP contribution >= 0.6 is 0 Å². The first-order valence-electron chi connectivity index (χ1n) is 10.1. The molecule has 0 saturated carbocycles. The van der Waals surface area contributed by atoms with Gasteiger partial charge in [-0.25, -0.2) is 4.79 Å². The highest BCUT2D eigenvalue weighted by Gasteiger charge is 2.10. The number of benzene rings is 1. The minimum Gasteiger partial charge on any atom is -0.494 e. The van der Waals surface area contributed by atoms with Gasteiger partial charge in [0.25, 0.3) is 0 Å². The summed E-state index contributed by atoms with van der Waals surface area (Å²) in [7, 11) is 0. The first-order valence-corrected chi connectivity index (χ1v) is 10.1. The first-order chi connectivity index (χ1) is 13.9. The Morgan fingerprint density at radius 2 is 1.62 bits per heavy atom. The summed E-state index contributed by atoms with van der Waals surface area (Å²) in [5.41, 5.74) is 0.753. The Morgan fingerprint density at radius 3 is 2.28 bits per heavy atom. The van der Waals surface area contributed by atoms with Crippen LogP contribution in [-0.2, 0) is 4.74 Å². The molecule has 0 saturated heterocycles. The summed E-state index contributed by atoms with van der Waals surface area (Å²) < 4.78 is 16.5. The third-order valence-electron chi connectivity index (χ3n) is 4.65. The van der Waals surface area contributed by atoms with Gasteiger partial charge in [0.05, 0.1) is 13.2 Å². The second-order valence-corrected chi connectivity index (χ2v) is 7.23. The fraction of sp³-hybridized carbons (Fsp3) is 0.417. The molecule has 0 unspecified atom stereocenters. The molecule has 0 fully saturated rings. The third-order valence-corrected chi connectivity index (χ3v) is 4.65. The molecule has 5 nitrogen and oxygen atoms in total. The highest BCUT2D eigenvalue weighted by molar-refractivity contribution is 5.96. The second-order valence-electron chi connectivity index (χ2n) is 7.23. The molecule has 5 heteroatoms. The number of hydrogen-bond donors (Lipinski definition) is 0. The molecular formula is C24H30O5. The molecule has 0 N–H and O–H groups in total. The number of hydrogen-bond acceptors (Lipinski definition) is 5. The van der Waals surface area contributed by atoms with Crippen LogP contribution in [0.4, 0.5) is 0 Å². The zero-order valence-electron chi connectivity index (χ0n) is 17.4. The Labute approximate surface area is 172 Å². The van der Waals surface area contributed by atoms with Crippen molar-refractivity contribution in [1.82, 2.24) is 0 Å². The molecule has 0 aliphatic heterocycles. The topological polar surface area (TPSA) is 65.7 Å². The SMILES string of the molecule is C=C(C)C(=C)OCCCCCCCCOc1ccc2cc(C(C)=O)c(=O)oc2c1. The second kappa shape index (κ2) is 11.2. The zero-order chi connectivity index (χ0) is 21.2. The molecular weight excluding hydrogens is 368 g/mol. The van der Waals surface area contributed by atoms with Crippen molar-refractivity contribution in [2.45, 2.75) is 52.4 Å². The van der Waals surface area contributed by atoms with Crippen molar-refractivity contribution < 1.29 is 18.7 Å². The lowest BCUT2D eigenvalue weighted by Crippen LogP contribution is -2.11. The van der Waals surface area contributed by atoms with Crippen molar-refractivity contribution in [3.63, 3.8) is 0 Å². The largest absolute Gasteiger partial charge is 0.494 e. The van der Waals surface area contributed by atoms with Crippen LogP contribution in [0.25, 0.3) is 11.0 Å². The van der Waals surface area contributed by atoms with E-state index in [-0.39, 0.29) is 11.3 Å². The van der Waals surface area contributed by atoms with Gasteiger partial charge >= 0.3 is 5.63 Å². The normalized spacial score (nSPS) is 10.7. The van der Waals surface area contributed by atoms with Gasteiger partial charge in [-0.05, 0) is 50.5 Å². The molecule has 156 valence electrons. The molecule has 0 aliphatic rings. The van der Waals surface area contributed by atoms with Crippen LogP contribution in [0.15, 0.2) is 58.0 Å². The van der Waals surface area contributed by atoms with Gasteiger partial charge in [0, 0.05) is 11.5 Å². The molecule has 29 heavy (non-hydrogen) atoms. The summed E-state index contributed by atoms with van der Waals surface area (Å²) >= 11 is 0. The number of unbranched alkanes of at least 4 members (excludes halogenated alkanes) is 5. The standard InChI is InChI=1S/C24H30O5/c1-17(2)19(4)27-13-9-7-5-6-8-10-14-28-21-12-11-20-15-22(18(3)25)24(26)29-23(20)16-21/h11-12,15-16H,1,4-10,13-14H2,2-3H3. The average Bonchev–Trinajstić information content (AvgIpc) is 2.68. The van der Waals surface area contributed by atoms with Crippen molar-refractivity contribution in [3.05, 3.63) is 64.7 Å². The Morgan fingerprint density at radius 1 is 0.966 bits per heavy atom. The molecule has 0 aliphatic carbocycles. The van der Waals surface area contributed by atoms with Gasteiger partial charge in [-0.1, -0.05) is 38.8 Å². The van der Waals surface area contributed by atoms with Crippen molar-refractivity contribution in [1.29, 1.82) is 0 Å². The van der Waals surface area contributed by atoms with E-state index in [1.165, 1.54) is 13.3 Å². The van der Waals surface area contributed by atoms with Gasteiger partial charge in [0.2, 0.25) is 0 Å².